The van der Waals surface area contributed by atoms with Crippen molar-refractivity contribution in [2.75, 3.05) is 7.11 Å². The van der Waals surface area contributed by atoms with E-state index in [4.69, 9.17) is 14.7 Å². The van der Waals surface area contributed by atoms with Gasteiger partial charge in [-0.3, -0.25) is 0 Å². The molecule has 5 aromatic rings. The fraction of sp³-hybridized carbons (Fsp3) is 0.0400. The molecule has 2 aromatic heterocycles. The Morgan fingerprint density at radius 1 is 0.571 bits per heavy atom. The van der Waals surface area contributed by atoms with E-state index in [1.54, 1.807) is 7.11 Å². The highest BCUT2D eigenvalue weighted by Crippen LogP contribution is 2.27. The van der Waals surface area contributed by atoms with Gasteiger partial charge in [-0.2, -0.15) is 0 Å². The number of methoxy groups -OCH3 is 1. The van der Waals surface area contributed by atoms with E-state index >= 15 is 0 Å². The Kier molecular flexibility index (Phi) is 3.99. The molecule has 0 radical (unpaired) electrons. The van der Waals surface area contributed by atoms with Crippen LogP contribution in [0.3, 0.4) is 0 Å². The van der Waals surface area contributed by atoms with E-state index in [1.807, 2.05) is 42.5 Å². The maximum Gasteiger partial charge on any atom is 0.118 e. The van der Waals surface area contributed by atoms with Crippen LogP contribution in [0, 0.1) is 0 Å². The fourth-order valence-electron chi connectivity index (χ4n) is 3.43. The van der Waals surface area contributed by atoms with Gasteiger partial charge in [0.05, 0.1) is 29.5 Å². The zero-order valence-corrected chi connectivity index (χ0v) is 15.5. The first-order chi connectivity index (χ1) is 13.8. The van der Waals surface area contributed by atoms with Crippen molar-refractivity contribution >= 4 is 21.8 Å². The third kappa shape index (κ3) is 2.97. The number of aromatic nitrogens is 2. The molecule has 0 amide bonds. The first-order valence-corrected chi connectivity index (χ1v) is 9.21. The second kappa shape index (κ2) is 6.78. The van der Waals surface area contributed by atoms with Crippen molar-refractivity contribution in [3.8, 4) is 28.3 Å². The monoisotopic (exact) mass is 362 g/mol. The molecule has 3 heteroatoms. The highest BCUT2D eigenvalue weighted by Gasteiger charge is 2.06. The van der Waals surface area contributed by atoms with E-state index in [-0.39, 0.29) is 0 Å². The summed E-state index contributed by atoms with van der Waals surface area (Å²) in [6.07, 6.45) is 0. The Labute approximate surface area is 163 Å². The summed E-state index contributed by atoms with van der Waals surface area (Å²) in [5.41, 5.74) is 6.07. The predicted molar refractivity (Wildman–Crippen MR) is 114 cm³/mol. The molecule has 0 fully saturated rings. The van der Waals surface area contributed by atoms with Crippen LogP contribution < -0.4 is 4.74 Å². The molecule has 0 spiro atoms. The number of nitrogens with zero attached hydrogens (tertiary/aromatic N) is 2. The zero-order chi connectivity index (χ0) is 18.9. The van der Waals surface area contributed by atoms with Crippen LogP contribution >= 0.6 is 0 Å². The third-order valence-corrected chi connectivity index (χ3v) is 4.97. The van der Waals surface area contributed by atoms with Crippen LogP contribution in [0.25, 0.3) is 44.3 Å². The number of rotatable bonds is 3. The first-order valence-electron chi connectivity index (χ1n) is 9.21. The summed E-state index contributed by atoms with van der Waals surface area (Å²) in [7, 11) is 1.67. The quantitative estimate of drug-likeness (QED) is 0.387. The molecule has 0 atom stereocenters. The first kappa shape index (κ1) is 16.5. The molecule has 0 unspecified atom stereocenters. The summed E-state index contributed by atoms with van der Waals surface area (Å²) < 4.78 is 5.23. The molecule has 0 aliphatic rings. The summed E-state index contributed by atoms with van der Waals surface area (Å²) in [4.78, 5) is 9.63. The average Bonchev–Trinajstić information content (AvgIpc) is 2.78. The van der Waals surface area contributed by atoms with Crippen LogP contribution in [-0.2, 0) is 0 Å². The molecule has 0 N–H and O–H groups in total. The van der Waals surface area contributed by atoms with Gasteiger partial charge < -0.3 is 4.74 Å². The van der Waals surface area contributed by atoms with Gasteiger partial charge in [-0.15, -0.1) is 0 Å². The highest BCUT2D eigenvalue weighted by atomic mass is 16.5. The SMILES string of the molecule is COc1ccc(-c2ccc3cc(-c4ccc5ccccc5n4)ccc3n2)cc1. The minimum atomic E-state index is 0.845. The molecule has 5 rings (SSSR count). The van der Waals surface area contributed by atoms with Crippen molar-refractivity contribution in [1.82, 2.24) is 9.97 Å². The van der Waals surface area contributed by atoms with Crippen molar-refractivity contribution < 1.29 is 4.74 Å². The molecular formula is C25H18N2O. The lowest BCUT2D eigenvalue weighted by atomic mass is 10.0. The van der Waals surface area contributed by atoms with E-state index in [2.05, 4.69) is 48.5 Å². The largest absolute Gasteiger partial charge is 0.497 e. The molecule has 134 valence electrons. The second-order valence-electron chi connectivity index (χ2n) is 6.72. The Morgan fingerprint density at radius 2 is 1.21 bits per heavy atom. The van der Waals surface area contributed by atoms with Crippen molar-refractivity contribution in [2.45, 2.75) is 0 Å². The number of fused-ring (bicyclic) bond motifs is 2. The van der Waals surface area contributed by atoms with Gasteiger partial charge in [-0.1, -0.05) is 36.4 Å². The summed E-state index contributed by atoms with van der Waals surface area (Å²) in [5, 5.41) is 2.25. The molecule has 0 saturated carbocycles. The molecule has 0 aliphatic heterocycles. The van der Waals surface area contributed by atoms with E-state index in [0.717, 1.165) is 50.1 Å². The van der Waals surface area contributed by atoms with Crippen LogP contribution in [0.5, 0.6) is 5.75 Å². The van der Waals surface area contributed by atoms with Crippen molar-refractivity contribution in [3.05, 3.63) is 91.0 Å². The second-order valence-corrected chi connectivity index (χ2v) is 6.72. The number of ether oxygens (including phenoxy) is 1. The lowest BCUT2D eigenvalue weighted by molar-refractivity contribution is 0.415. The minimum absolute atomic E-state index is 0.845. The van der Waals surface area contributed by atoms with E-state index in [0.29, 0.717) is 0 Å². The van der Waals surface area contributed by atoms with Gasteiger partial charge in [-0.25, -0.2) is 9.97 Å². The number of para-hydroxylation sites is 1. The Hall–Kier alpha value is -3.72. The average molecular weight is 362 g/mol. The van der Waals surface area contributed by atoms with Crippen molar-refractivity contribution in [3.63, 3.8) is 0 Å². The molecule has 0 aliphatic carbocycles. The molecule has 2 heterocycles. The van der Waals surface area contributed by atoms with Gasteiger partial charge in [0.2, 0.25) is 0 Å². The lowest BCUT2D eigenvalue weighted by Gasteiger charge is -2.07. The summed E-state index contributed by atoms with van der Waals surface area (Å²) >= 11 is 0. The Bertz CT molecular complexity index is 1290. The maximum absolute atomic E-state index is 5.23. The van der Waals surface area contributed by atoms with Crippen LogP contribution in [0.15, 0.2) is 91.0 Å². The van der Waals surface area contributed by atoms with Crippen LogP contribution in [0.4, 0.5) is 0 Å². The van der Waals surface area contributed by atoms with Gasteiger partial charge in [0.25, 0.3) is 0 Å². The van der Waals surface area contributed by atoms with Crippen LogP contribution in [0.1, 0.15) is 0 Å². The molecule has 3 aromatic carbocycles. The number of hydrogen-bond donors (Lipinski definition) is 0. The van der Waals surface area contributed by atoms with Gasteiger partial charge >= 0.3 is 0 Å². The molecule has 0 saturated heterocycles. The summed E-state index contributed by atoms with van der Waals surface area (Å²) in [5.74, 6) is 0.845. The minimum Gasteiger partial charge on any atom is -0.497 e. The smallest absolute Gasteiger partial charge is 0.118 e. The van der Waals surface area contributed by atoms with Gasteiger partial charge in [0, 0.05) is 21.9 Å². The van der Waals surface area contributed by atoms with Crippen LogP contribution in [0.2, 0.25) is 0 Å². The maximum atomic E-state index is 5.23. The molecule has 28 heavy (non-hydrogen) atoms. The topological polar surface area (TPSA) is 35.0 Å². The number of hydrogen-bond acceptors (Lipinski definition) is 3. The van der Waals surface area contributed by atoms with Gasteiger partial charge in [0.15, 0.2) is 0 Å². The van der Waals surface area contributed by atoms with Crippen molar-refractivity contribution in [2.24, 2.45) is 0 Å². The number of benzene rings is 3. The molecule has 0 bridgehead atoms. The fourth-order valence-corrected chi connectivity index (χ4v) is 3.43. The highest BCUT2D eigenvalue weighted by molar-refractivity contribution is 5.87. The Morgan fingerprint density at radius 3 is 2.00 bits per heavy atom. The summed E-state index contributed by atoms with van der Waals surface area (Å²) in [6, 6.07) is 30.8. The predicted octanol–water partition coefficient (Wildman–Crippen LogP) is 6.13. The van der Waals surface area contributed by atoms with Crippen LogP contribution in [-0.4, -0.2) is 17.1 Å². The molecule has 3 nitrogen and oxygen atoms in total. The molecular weight excluding hydrogens is 344 g/mol. The number of pyridine rings is 2. The zero-order valence-electron chi connectivity index (χ0n) is 15.5. The summed E-state index contributed by atoms with van der Waals surface area (Å²) in [6.45, 7) is 0. The van der Waals surface area contributed by atoms with Crippen molar-refractivity contribution in [1.29, 1.82) is 0 Å². The van der Waals surface area contributed by atoms with E-state index < -0.39 is 0 Å². The van der Waals surface area contributed by atoms with Gasteiger partial charge in [-0.05, 0) is 54.6 Å². The van der Waals surface area contributed by atoms with Gasteiger partial charge in [0.1, 0.15) is 5.75 Å². The Balaban J connectivity index is 1.53. The lowest BCUT2D eigenvalue weighted by Crippen LogP contribution is -1.89. The normalized spacial score (nSPS) is 11.0. The van der Waals surface area contributed by atoms with E-state index in [9.17, 15) is 0 Å². The van der Waals surface area contributed by atoms with E-state index in [1.165, 1.54) is 0 Å². The standard InChI is InChI=1S/C25H18N2O/c1-28-21-11-6-18(7-12-21)23-14-9-19-16-20(10-15-25(19)27-23)24-13-8-17-4-2-3-5-22(17)26-24/h2-16H,1H3. The third-order valence-electron chi connectivity index (χ3n) is 4.97.